The van der Waals surface area contributed by atoms with Crippen molar-refractivity contribution in [1.82, 2.24) is 15.5 Å². The molecule has 4 N–H and O–H groups in total. The van der Waals surface area contributed by atoms with Crippen LogP contribution in [-0.4, -0.2) is 48.2 Å². The first-order valence-corrected chi connectivity index (χ1v) is 7.44. The molecule has 1 aromatic heterocycles. The topological polar surface area (TPSA) is 111 Å². The van der Waals surface area contributed by atoms with Gasteiger partial charge in [0.25, 0.3) is 0 Å². The number of amides is 1. The van der Waals surface area contributed by atoms with Gasteiger partial charge in [0.2, 0.25) is 0 Å². The number of methoxy groups -OCH3 is 1. The molecule has 1 amide bonds. The third kappa shape index (κ3) is 3.16. The van der Waals surface area contributed by atoms with Gasteiger partial charge in [-0.05, 0) is 25.5 Å². The van der Waals surface area contributed by atoms with Crippen molar-refractivity contribution < 1.29 is 19.0 Å². The zero-order valence-corrected chi connectivity index (χ0v) is 13.0. The van der Waals surface area contributed by atoms with Gasteiger partial charge >= 0.3 is 6.09 Å². The second-order valence-corrected chi connectivity index (χ2v) is 5.65. The molecule has 2 heterocycles. The molecule has 0 saturated heterocycles. The standard InChI is InChI=1S/C15H20N4O4/c1-8(16)5-10(18-15(20)21-2)12-7-22-11-4-3-9-6-17-19-13(9)14(11)23-12/h3-4,6,8,10,12H,5,7,16H2,1-2H3,(H,17,19)(H,18,20)/t8-,10?,12-/m0/s1. The first kappa shape index (κ1) is 15.4. The number of fused-ring (bicyclic) bond motifs is 3. The zero-order valence-electron chi connectivity index (χ0n) is 13.0. The Hall–Kier alpha value is -2.48. The summed E-state index contributed by atoms with van der Waals surface area (Å²) in [6, 6.07) is 3.32. The Morgan fingerprint density at radius 2 is 2.43 bits per heavy atom. The molecule has 0 spiro atoms. The van der Waals surface area contributed by atoms with Gasteiger partial charge < -0.3 is 25.3 Å². The second kappa shape index (κ2) is 6.33. The van der Waals surface area contributed by atoms with Gasteiger partial charge in [-0.15, -0.1) is 0 Å². The number of rotatable bonds is 4. The lowest BCUT2D eigenvalue weighted by atomic mass is 10.0. The maximum absolute atomic E-state index is 11.6. The number of alkyl carbamates (subject to hydrolysis) is 1. The number of hydrogen-bond acceptors (Lipinski definition) is 6. The van der Waals surface area contributed by atoms with E-state index in [2.05, 4.69) is 20.3 Å². The van der Waals surface area contributed by atoms with Crippen molar-refractivity contribution in [2.24, 2.45) is 5.73 Å². The quantitative estimate of drug-likeness (QED) is 0.779. The fraction of sp³-hybridized carbons (Fsp3) is 0.467. The summed E-state index contributed by atoms with van der Waals surface area (Å²) in [7, 11) is 1.32. The zero-order chi connectivity index (χ0) is 16.4. The fourth-order valence-corrected chi connectivity index (χ4v) is 2.67. The maximum atomic E-state index is 11.6. The highest BCUT2D eigenvalue weighted by Gasteiger charge is 2.32. The largest absolute Gasteiger partial charge is 0.486 e. The fourth-order valence-electron chi connectivity index (χ4n) is 2.67. The lowest BCUT2D eigenvalue weighted by Gasteiger charge is -2.33. The van der Waals surface area contributed by atoms with Crippen LogP contribution in [0.3, 0.4) is 0 Å². The minimum Gasteiger partial charge on any atom is -0.486 e. The molecule has 0 radical (unpaired) electrons. The highest BCUT2D eigenvalue weighted by molar-refractivity contribution is 5.86. The monoisotopic (exact) mass is 320 g/mol. The van der Waals surface area contributed by atoms with E-state index in [9.17, 15) is 4.79 Å². The molecule has 8 heteroatoms. The van der Waals surface area contributed by atoms with Crippen LogP contribution < -0.4 is 20.5 Å². The average molecular weight is 320 g/mol. The van der Waals surface area contributed by atoms with Crippen molar-refractivity contribution in [1.29, 1.82) is 0 Å². The van der Waals surface area contributed by atoms with Gasteiger partial charge in [-0.3, -0.25) is 5.10 Å². The van der Waals surface area contributed by atoms with Crippen molar-refractivity contribution in [3.05, 3.63) is 18.3 Å². The molecule has 8 nitrogen and oxygen atoms in total. The van der Waals surface area contributed by atoms with E-state index in [1.54, 1.807) is 6.20 Å². The van der Waals surface area contributed by atoms with E-state index in [0.717, 1.165) is 10.9 Å². The molecule has 1 aliphatic rings. The van der Waals surface area contributed by atoms with Crippen molar-refractivity contribution in [2.45, 2.75) is 31.5 Å². The summed E-state index contributed by atoms with van der Waals surface area (Å²) in [6.07, 6.45) is 1.36. The summed E-state index contributed by atoms with van der Waals surface area (Å²) in [4.78, 5) is 11.6. The number of benzene rings is 1. The number of carbonyl (C=O) groups excluding carboxylic acids is 1. The van der Waals surface area contributed by atoms with Crippen LogP contribution in [0.15, 0.2) is 18.3 Å². The Bertz CT molecular complexity index is 700. The van der Waals surface area contributed by atoms with Gasteiger partial charge in [-0.25, -0.2) is 4.79 Å². The molecule has 0 saturated carbocycles. The van der Waals surface area contributed by atoms with Crippen molar-refractivity contribution in [2.75, 3.05) is 13.7 Å². The van der Waals surface area contributed by atoms with E-state index < -0.39 is 6.09 Å². The van der Waals surface area contributed by atoms with Gasteiger partial charge in [0.1, 0.15) is 12.1 Å². The third-order valence-corrected chi connectivity index (χ3v) is 3.77. The smallest absolute Gasteiger partial charge is 0.407 e. The first-order valence-electron chi connectivity index (χ1n) is 7.44. The van der Waals surface area contributed by atoms with Crippen LogP contribution in [0.25, 0.3) is 10.9 Å². The number of nitrogens with one attached hydrogen (secondary N) is 2. The highest BCUT2D eigenvalue weighted by atomic mass is 16.6. The number of aromatic nitrogens is 2. The van der Waals surface area contributed by atoms with E-state index in [0.29, 0.717) is 24.5 Å². The molecule has 23 heavy (non-hydrogen) atoms. The Balaban J connectivity index is 1.85. The predicted octanol–water partition coefficient (Wildman–Crippen LogP) is 1.16. The molecular weight excluding hydrogens is 300 g/mol. The van der Waals surface area contributed by atoms with Crippen LogP contribution in [-0.2, 0) is 4.74 Å². The Morgan fingerprint density at radius 1 is 1.61 bits per heavy atom. The number of carbonyl (C=O) groups is 1. The lowest BCUT2D eigenvalue weighted by Crippen LogP contribution is -2.51. The van der Waals surface area contributed by atoms with Crippen LogP contribution in [0.4, 0.5) is 4.79 Å². The van der Waals surface area contributed by atoms with Gasteiger partial charge in [0.15, 0.2) is 17.6 Å². The predicted molar refractivity (Wildman–Crippen MR) is 83.6 cm³/mol. The Labute approximate surface area is 133 Å². The van der Waals surface area contributed by atoms with Crippen LogP contribution in [0.2, 0.25) is 0 Å². The molecule has 1 unspecified atom stereocenters. The molecule has 3 atom stereocenters. The number of aromatic amines is 1. The van der Waals surface area contributed by atoms with Crippen LogP contribution in [0, 0.1) is 0 Å². The lowest BCUT2D eigenvalue weighted by molar-refractivity contribution is 0.0576. The number of hydrogen-bond donors (Lipinski definition) is 3. The highest BCUT2D eigenvalue weighted by Crippen LogP contribution is 2.38. The summed E-state index contributed by atoms with van der Waals surface area (Å²) < 4.78 is 16.6. The summed E-state index contributed by atoms with van der Waals surface area (Å²) >= 11 is 0. The van der Waals surface area contributed by atoms with Gasteiger partial charge in [0, 0.05) is 11.4 Å². The number of ether oxygens (including phenoxy) is 3. The summed E-state index contributed by atoms with van der Waals surface area (Å²) in [5.41, 5.74) is 6.65. The third-order valence-electron chi connectivity index (χ3n) is 3.77. The van der Waals surface area contributed by atoms with Gasteiger partial charge in [-0.1, -0.05) is 0 Å². The van der Waals surface area contributed by atoms with Gasteiger partial charge in [0.05, 0.1) is 19.3 Å². The molecule has 124 valence electrons. The number of nitrogens with two attached hydrogens (primary N) is 1. The maximum Gasteiger partial charge on any atom is 0.407 e. The van der Waals surface area contributed by atoms with Crippen LogP contribution in [0.1, 0.15) is 13.3 Å². The minimum absolute atomic E-state index is 0.106. The Morgan fingerprint density at radius 3 is 3.17 bits per heavy atom. The minimum atomic E-state index is -0.523. The van der Waals surface area contributed by atoms with Crippen LogP contribution >= 0.6 is 0 Å². The van der Waals surface area contributed by atoms with E-state index >= 15 is 0 Å². The van der Waals surface area contributed by atoms with Gasteiger partial charge in [-0.2, -0.15) is 5.10 Å². The second-order valence-electron chi connectivity index (χ2n) is 5.65. The first-order chi connectivity index (χ1) is 11.1. The van der Waals surface area contributed by atoms with E-state index in [-0.39, 0.29) is 18.2 Å². The molecule has 2 aromatic rings. The number of nitrogens with zero attached hydrogens (tertiary/aromatic N) is 1. The SMILES string of the molecule is COC(=O)NC(C[C@H](C)N)[C@@H]1COc2ccc3cn[nH]c3c2O1. The van der Waals surface area contributed by atoms with Crippen molar-refractivity contribution in [3.63, 3.8) is 0 Å². The van der Waals surface area contributed by atoms with Crippen molar-refractivity contribution in [3.8, 4) is 11.5 Å². The average Bonchev–Trinajstić information content (AvgIpc) is 3.02. The molecule has 1 aromatic carbocycles. The molecule has 3 rings (SSSR count). The molecular formula is C15H20N4O4. The van der Waals surface area contributed by atoms with E-state index in [1.165, 1.54) is 7.11 Å². The molecule has 1 aliphatic heterocycles. The van der Waals surface area contributed by atoms with Crippen molar-refractivity contribution >= 4 is 17.0 Å². The summed E-state index contributed by atoms with van der Waals surface area (Å²) in [5.74, 6) is 1.24. The molecule has 0 fully saturated rings. The van der Waals surface area contributed by atoms with E-state index in [4.69, 9.17) is 15.2 Å². The molecule has 0 aliphatic carbocycles. The van der Waals surface area contributed by atoms with Crippen LogP contribution in [0.5, 0.6) is 11.5 Å². The summed E-state index contributed by atoms with van der Waals surface area (Å²) in [6.45, 7) is 2.19. The normalized spacial score (nSPS) is 19.2. The number of H-pyrrole nitrogens is 1. The van der Waals surface area contributed by atoms with E-state index in [1.807, 2.05) is 19.1 Å². The summed E-state index contributed by atoms with van der Waals surface area (Å²) in [5, 5.41) is 10.6. The molecule has 0 bridgehead atoms. The Kier molecular flexibility index (Phi) is 4.24.